The fourth-order valence-electron chi connectivity index (χ4n) is 1.27. The highest BCUT2D eigenvalue weighted by atomic mass is 32.2. The Bertz CT molecular complexity index is 528. The number of methoxy groups -OCH3 is 1. The van der Waals surface area contributed by atoms with Crippen molar-refractivity contribution in [1.29, 1.82) is 0 Å². The Morgan fingerprint density at radius 2 is 2.25 bits per heavy atom. The molecule has 0 spiro atoms. The summed E-state index contributed by atoms with van der Waals surface area (Å²) in [7, 11) is -2.64. The molecule has 0 atom stereocenters. The molecule has 0 aliphatic rings. The number of hydrogen-bond acceptors (Lipinski definition) is 8. The molecule has 10 heteroatoms. The van der Waals surface area contributed by atoms with E-state index < -0.39 is 16.0 Å². The molecule has 0 unspecified atom stereocenters. The molecule has 1 rings (SSSR count). The summed E-state index contributed by atoms with van der Waals surface area (Å²) in [5.41, 5.74) is 1.05. The van der Waals surface area contributed by atoms with E-state index in [0.717, 1.165) is 18.4 Å². The standard InChI is InChI=1S/C10H16N2O6S2/c1-17-9(14)8-10(19-7-11-8)20(15,16)12-3-2-5-18-6-4-13/h7,12-13H,2-6H2,1H3. The van der Waals surface area contributed by atoms with Gasteiger partial charge in [0.1, 0.15) is 0 Å². The minimum Gasteiger partial charge on any atom is -0.464 e. The van der Waals surface area contributed by atoms with Crippen molar-refractivity contribution in [2.45, 2.75) is 10.6 Å². The van der Waals surface area contributed by atoms with E-state index in [1.54, 1.807) is 0 Å². The van der Waals surface area contributed by atoms with Gasteiger partial charge in [-0.1, -0.05) is 0 Å². The van der Waals surface area contributed by atoms with Gasteiger partial charge in [-0.25, -0.2) is 22.9 Å². The van der Waals surface area contributed by atoms with Crippen molar-refractivity contribution in [3.05, 3.63) is 11.2 Å². The predicted molar refractivity (Wildman–Crippen MR) is 71.2 cm³/mol. The molecule has 114 valence electrons. The first-order valence-corrected chi connectivity index (χ1v) is 8.09. The largest absolute Gasteiger partial charge is 0.464 e. The molecule has 1 aromatic heterocycles. The number of hydrogen-bond donors (Lipinski definition) is 2. The van der Waals surface area contributed by atoms with Gasteiger partial charge in [-0.15, -0.1) is 11.3 Å². The molecule has 0 amide bonds. The van der Waals surface area contributed by atoms with Crippen LogP contribution in [0.4, 0.5) is 0 Å². The van der Waals surface area contributed by atoms with Crippen LogP contribution < -0.4 is 4.72 Å². The van der Waals surface area contributed by atoms with Gasteiger partial charge < -0.3 is 14.6 Å². The fourth-order valence-corrected chi connectivity index (χ4v) is 3.52. The van der Waals surface area contributed by atoms with Gasteiger partial charge in [-0.2, -0.15) is 0 Å². The van der Waals surface area contributed by atoms with Crippen LogP contribution in [0.1, 0.15) is 16.9 Å². The van der Waals surface area contributed by atoms with Gasteiger partial charge in [0.25, 0.3) is 10.0 Å². The maximum Gasteiger partial charge on any atom is 0.358 e. The maximum absolute atomic E-state index is 12.0. The highest BCUT2D eigenvalue weighted by Gasteiger charge is 2.25. The number of esters is 1. The zero-order valence-corrected chi connectivity index (χ0v) is 12.5. The van der Waals surface area contributed by atoms with E-state index >= 15 is 0 Å². The topological polar surface area (TPSA) is 115 Å². The summed E-state index contributed by atoms with van der Waals surface area (Å²) < 4.78 is 35.6. The summed E-state index contributed by atoms with van der Waals surface area (Å²) in [6, 6.07) is 0. The molecule has 0 aromatic carbocycles. The normalized spacial score (nSPS) is 11.5. The fraction of sp³-hybridized carbons (Fsp3) is 0.600. The summed E-state index contributed by atoms with van der Waals surface area (Å²) in [4.78, 5) is 15.1. The smallest absolute Gasteiger partial charge is 0.358 e. The van der Waals surface area contributed by atoms with E-state index in [0.29, 0.717) is 13.0 Å². The van der Waals surface area contributed by atoms with Crippen molar-refractivity contribution in [3.8, 4) is 0 Å². The van der Waals surface area contributed by atoms with Crippen LogP contribution in [0, 0.1) is 0 Å². The van der Waals surface area contributed by atoms with Crippen molar-refractivity contribution in [3.63, 3.8) is 0 Å². The molecule has 0 saturated carbocycles. The molecule has 0 aliphatic carbocycles. The van der Waals surface area contributed by atoms with E-state index in [4.69, 9.17) is 9.84 Å². The van der Waals surface area contributed by atoms with Crippen LogP contribution in [0.5, 0.6) is 0 Å². The molecule has 0 aliphatic heterocycles. The summed E-state index contributed by atoms with van der Waals surface area (Å²) >= 11 is 0.845. The van der Waals surface area contributed by atoms with Crippen LogP contribution in [-0.4, -0.2) is 58.0 Å². The van der Waals surface area contributed by atoms with Crippen LogP contribution >= 0.6 is 11.3 Å². The van der Waals surface area contributed by atoms with E-state index in [9.17, 15) is 13.2 Å². The number of nitrogens with one attached hydrogen (secondary N) is 1. The number of rotatable bonds is 9. The summed E-state index contributed by atoms with van der Waals surface area (Å²) in [6.07, 6.45) is 0.450. The van der Waals surface area contributed by atoms with Crippen molar-refractivity contribution >= 4 is 27.3 Å². The summed E-state index contributed by atoms with van der Waals surface area (Å²) in [5, 5.41) is 8.50. The Labute approximate surface area is 120 Å². The lowest BCUT2D eigenvalue weighted by Crippen LogP contribution is -2.26. The zero-order valence-electron chi connectivity index (χ0n) is 10.9. The number of carbonyl (C=O) groups is 1. The van der Waals surface area contributed by atoms with E-state index in [1.807, 2.05) is 0 Å². The molecule has 1 heterocycles. The number of sulfonamides is 1. The highest BCUT2D eigenvalue weighted by Crippen LogP contribution is 2.20. The molecule has 1 aromatic rings. The first-order chi connectivity index (χ1) is 9.53. The lowest BCUT2D eigenvalue weighted by atomic mass is 10.5. The first kappa shape index (κ1) is 17.0. The average molecular weight is 324 g/mol. The third-order valence-electron chi connectivity index (χ3n) is 2.15. The second-order valence-corrected chi connectivity index (χ2v) is 6.38. The second-order valence-electron chi connectivity index (χ2n) is 3.57. The minimum absolute atomic E-state index is 0.0743. The molecule has 0 bridgehead atoms. The molecule has 8 nitrogen and oxygen atoms in total. The van der Waals surface area contributed by atoms with Crippen molar-refractivity contribution in [1.82, 2.24) is 9.71 Å². The third kappa shape index (κ3) is 4.80. The van der Waals surface area contributed by atoms with Crippen LogP contribution in [0.3, 0.4) is 0 Å². The Balaban J connectivity index is 2.57. The quantitative estimate of drug-likeness (QED) is 0.469. The van der Waals surface area contributed by atoms with Crippen LogP contribution in [0.2, 0.25) is 0 Å². The monoisotopic (exact) mass is 324 g/mol. The number of aliphatic hydroxyl groups is 1. The number of thiazole rings is 1. The third-order valence-corrected chi connectivity index (χ3v) is 4.98. The van der Waals surface area contributed by atoms with Gasteiger partial charge >= 0.3 is 5.97 Å². The lowest BCUT2D eigenvalue weighted by Gasteiger charge is -2.06. The van der Waals surface area contributed by atoms with Crippen molar-refractivity contribution < 1.29 is 27.8 Å². The summed E-state index contributed by atoms with van der Waals surface area (Å²) in [6.45, 7) is 0.630. The van der Waals surface area contributed by atoms with Gasteiger partial charge in [-0.3, -0.25) is 0 Å². The van der Waals surface area contributed by atoms with Crippen LogP contribution in [0.15, 0.2) is 9.72 Å². The maximum atomic E-state index is 12.0. The van der Waals surface area contributed by atoms with E-state index in [-0.39, 0.29) is 29.7 Å². The number of ether oxygens (including phenoxy) is 2. The number of aliphatic hydroxyl groups excluding tert-OH is 1. The van der Waals surface area contributed by atoms with Gasteiger partial charge in [0.15, 0.2) is 9.90 Å². The predicted octanol–water partition coefficient (Wildman–Crippen LogP) is -0.393. The Kier molecular flexibility index (Phi) is 7.02. The molecular formula is C10H16N2O6S2. The first-order valence-electron chi connectivity index (χ1n) is 5.73. The molecule has 20 heavy (non-hydrogen) atoms. The highest BCUT2D eigenvalue weighted by molar-refractivity contribution is 7.91. The average Bonchev–Trinajstić information content (AvgIpc) is 2.92. The Hall–Kier alpha value is -1.07. The van der Waals surface area contributed by atoms with Crippen LogP contribution in [0.25, 0.3) is 0 Å². The molecule has 0 radical (unpaired) electrons. The Morgan fingerprint density at radius 3 is 2.90 bits per heavy atom. The Morgan fingerprint density at radius 1 is 1.50 bits per heavy atom. The molecule has 2 N–H and O–H groups in total. The van der Waals surface area contributed by atoms with Gasteiger partial charge in [-0.05, 0) is 6.42 Å². The van der Waals surface area contributed by atoms with Crippen molar-refractivity contribution in [2.75, 3.05) is 33.5 Å². The second kappa shape index (κ2) is 8.27. The van der Waals surface area contributed by atoms with E-state index in [1.165, 1.54) is 5.51 Å². The van der Waals surface area contributed by atoms with Crippen LogP contribution in [-0.2, 0) is 19.5 Å². The molecular weight excluding hydrogens is 308 g/mol. The van der Waals surface area contributed by atoms with Crippen molar-refractivity contribution in [2.24, 2.45) is 0 Å². The summed E-state index contributed by atoms with van der Waals surface area (Å²) in [5.74, 6) is -0.794. The van der Waals surface area contributed by atoms with Gasteiger partial charge in [0, 0.05) is 13.2 Å². The number of nitrogens with zero attached hydrogens (tertiary/aromatic N) is 1. The SMILES string of the molecule is COC(=O)c1ncsc1S(=O)(=O)NCCCOCCO. The zero-order chi connectivity index (χ0) is 15.0. The van der Waals surface area contributed by atoms with E-state index in [2.05, 4.69) is 14.4 Å². The van der Waals surface area contributed by atoms with Gasteiger partial charge in [0.05, 0.1) is 25.8 Å². The molecule has 0 fully saturated rings. The minimum atomic E-state index is -3.80. The number of carbonyl (C=O) groups excluding carboxylic acids is 1. The lowest BCUT2D eigenvalue weighted by molar-refractivity contribution is 0.0590. The number of aromatic nitrogens is 1. The van der Waals surface area contributed by atoms with Gasteiger partial charge in [0.2, 0.25) is 0 Å². The molecule has 0 saturated heterocycles.